The van der Waals surface area contributed by atoms with Crippen LogP contribution < -0.4 is 0 Å². The fraction of sp³-hybridized carbons (Fsp3) is 0.933. The largest absolute Gasteiger partial charge is 0.463 e. The molecule has 0 radical (unpaired) electrons. The maximum Gasteiger partial charge on any atom is 0.302 e. The number of carbonyl (C=O) groups excluding carboxylic acids is 1. The Morgan fingerprint density at radius 1 is 1.00 bits per heavy atom. The molecule has 128 valence electrons. The Morgan fingerprint density at radius 2 is 1.62 bits per heavy atom. The minimum absolute atomic E-state index is 0.275. The lowest BCUT2D eigenvalue weighted by Crippen LogP contribution is -2.10. The van der Waals surface area contributed by atoms with Gasteiger partial charge in [-0.2, -0.15) is 0 Å². The van der Waals surface area contributed by atoms with Crippen molar-refractivity contribution in [1.82, 2.24) is 0 Å². The summed E-state index contributed by atoms with van der Waals surface area (Å²) < 4.78 is 19.8. The SMILES string of the molecule is CCCCOCC(C)O.CCOCCOCCOC(C)=O. The third-order valence-corrected chi connectivity index (χ3v) is 2.11. The first kappa shape index (κ1) is 22.6. The van der Waals surface area contributed by atoms with Crippen LogP contribution in [0, 0.1) is 0 Å². The summed E-state index contributed by atoms with van der Waals surface area (Å²) in [7, 11) is 0. The summed E-state index contributed by atoms with van der Waals surface area (Å²) in [6.45, 7) is 11.0. The first-order valence-corrected chi connectivity index (χ1v) is 7.59. The first-order chi connectivity index (χ1) is 10.0. The second kappa shape index (κ2) is 19.3. The highest BCUT2D eigenvalue weighted by Crippen LogP contribution is 1.89. The van der Waals surface area contributed by atoms with Gasteiger partial charge in [-0.1, -0.05) is 13.3 Å². The van der Waals surface area contributed by atoms with Gasteiger partial charge in [-0.05, 0) is 20.3 Å². The average Bonchev–Trinajstić information content (AvgIpc) is 2.43. The summed E-state index contributed by atoms with van der Waals surface area (Å²) >= 11 is 0. The number of aliphatic hydroxyl groups excluding tert-OH is 1. The van der Waals surface area contributed by atoms with Crippen LogP contribution in [0.15, 0.2) is 0 Å². The van der Waals surface area contributed by atoms with Gasteiger partial charge in [-0.25, -0.2) is 0 Å². The molecule has 0 aliphatic rings. The zero-order valence-corrected chi connectivity index (χ0v) is 13.9. The van der Waals surface area contributed by atoms with Crippen molar-refractivity contribution in [3.8, 4) is 0 Å². The van der Waals surface area contributed by atoms with Crippen LogP contribution >= 0.6 is 0 Å². The summed E-state index contributed by atoms with van der Waals surface area (Å²) in [4.78, 5) is 10.3. The average molecular weight is 308 g/mol. The van der Waals surface area contributed by atoms with Gasteiger partial charge in [0.25, 0.3) is 0 Å². The van der Waals surface area contributed by atoms with Gasteiger partial charge >= 0.3 is 5.97 Å². The Bertz CT molecular complexity index is 208. The van der Waals surface area contributed by atoms with E-state index in [9.17, 15) is 4.79 Å². The summed E-state index contributed by atoms with van der Waals surface area (Å²) in [6, 6.07) is 0. The van der Waals surface area contributed by atoms with E-state index >= 15 is 0 Å². The predicted octanol–water partition coefficient (Wildman–Crippen LogP) is 1.79. The smallest absolute Gasteiger partial charge is 0.302 e. The van der Waals surface area contributed by atoms with E-state index in [0.29, 0.717) is 39.6 Å². The maximum atomic E-state index is 10.3. The van der Waals surface area contributed by atoms with Crippen LogP contribution in [-0.2, 0) is 23.7 Å². The van der Waals surface area contributed by atoms with Crippen LogP contribution in [0.2, 0.25) is 0 Å². The number of hydrogen-bond acceptors (Lipinski definition) is 6. The molecule has 0 bridgehead atoms. The fourth-order valence-electron chi connectivity index (χ4n) is 1.11. The van der Waals surface area contributed by atoms with Crippen LogP contribution in [0.5, 0.6) is 0 Å². The normalized spacial score (nSPS) is 11.5. The fourth-order valence-corrected chi connectivity index (χ4v) is 1.11. The van der Waals surface area contributed by atoms with Crippen molar-refractivity contribution in [3.63, 3.8) is 0 Å². The predicted molar refractivity (Wildman–Crippen MR) is 81.4 cm³/mol. The Morgan fingerprint density at radius 3 is 2.14 bits per heavy atom. The molecule has 0 aliphatic carbocycles. The molecule has 0 aromatic carbocycles. The summed E-state index contributed by atoms with van der Waals surface area (Å²) in [6.07, 6.45) is 1.92. The van der Waals surface area contributed by atoms with E-state index in [1.807, 2.05) is 6.92 Å². The van der Waals surface area contributed by atoms with Crippen molar-refractivity contribution in [2.75, 3.05) is 46.2 Å². The van der Waals surface area contributed by atoms with Crippen molar-refractivity contribution in [3.05, 3.63) is 0 Å². The molecule has 1 N–H and O–H groups in total. The molecule has 6 heteroatoms. The molecule has 1 unspecified atom stereocenters. The molecule has 1 atom stereocenters. The monoisotopic (exact) mass is 308 g/mol. The van der Waals surface area contributed by atoms with Gasteiger partial charge in [0.15, 0.2) is 0 Å². The van der Waals surface area contributed by atoms with E-state index < -0.39 is 0 Å². The number of hydrogen-bond donors (Lipinski definition) is 1. The highest BCUT2D eigenvalue weighted by Gasteiger charge is 1.93. The molecule has 0 aromatic rings. The van der Waals surface area contributed by atoms with Gasteiger partial charge < -0.3 is 24.1 Å². The van der Waals surface area contributed by atoms with E-state index in [4.69, 9.17) is 19.3 Å². The van der Waals surface area contributed by atoms with E-state index in [2.05, 4.69) is 11.7 Å². The Hall–Kier alpha value is -0.690. The number of esters is 1. The molecule has 0 fully saturated rings. The van der Waals surface area contributed by atoms with Gasteiger partial charge in [0.05, 0.1) is 32.5 Å². The third-order valence-electron chi connectivity index (χ3n) is 2.11. The van der Waals surface area contributed by atoms with E-state index in [0.717, 1.165) is 19.4 Å². The zero-order valence-electron chi connectivity index (χ0n) is 13.9. The van der Waals surface area contributed by atoms with Gasteiger partial charge in [-0.15, -0.1) is 0 Å². The number of carbonyl (C=O) groups is 1. The van der Waals surface area contributed by atoms with Crippen LogP contribution in [0.3, 0.4) is 0 Å². The number of rotatable bonds is 12. The summed E-state index contributed by atoms with van der Waals surface area (Å²) in [5.74, 6) is -0.275. The molecular weight excluding hydrogens is 276 g/mol. The molecule has 6 nitrogen and oxygen atoms in total. The Labute approximate surface area is 128 Å². The highest BCUT2D eigenvalue weighted by molar-refractivity contribution is 5.65. The van der Waals surface area contributed by atoms with Crippen molar-refractivity contribution < 1.29 is 28.8 Å². The van der Waals surface area contributed by atoms with Crippen LogP contribution in [0.1, 0.15) is 40.5 Å². The van der Waals surface area contributed by atoms with Crippen LogP contribution in [0.4, 0.5) is 0 Å². The molecule has 0 heterocycles. The Kier molecular flexibility index (Phi) is 20.8. The molecule has 0 aliphatic heterocycles. The lowest BCUT2D eigenvalue weighted by molar-refractivity contribution is -0.142. The first-order valence-electron chi connectivity index (χ1n) is 7.59. The quantitative estimate of drug-likeness (QED) is 0.438. The lowest BCUT2D eigenvalue weighted by Gasteiger charge is -2.03. The zero-order chi connectivity index (χ0) is 16.3. The standard InChI is InChI=1S/C8H16O4.C7H16O2/c1-3-10-4-5-11-6-7-12-8(2)9;1-3-4-5-9-6-7(2)8/h3-7H2,1-2H3;7-8H,3-6H2,1-2H3. The van der Waals surface area contributed by atoms with Gasteiger partial charge in [-0.3, -0.25) is 4.79 Å². The van der Waals surface area contributed by atoms with Gasteiger partial charge in [0.1, 0.15) is 6.61 Å². The molecule has 0 saturated carbocycles. The van der Waals surface area contributed by atoms with Crippen molar-refractivity contribution >= 4 is 5.97 Å². The number of aliphatic hydroxyl groups is 1. The maximum absolute atomic E-state index is 10.3. The van der Waals surface area contributed by atoms with Gasteiger partial charge in [0.2, 0.25) is 0 Å². The molecule has 0 rings (SSSR count). The Balaban J connectivity index is 0. The van der Waals surface area contributed by atoms with E-state index in [-0.39, 0.29) is 12.1 Å². The molecule has 21 heavy (non-hydrogen) atoms. The molecule has 0 amide bonds. The third kappa shape index (κ3) is 28.3. The van der Waals surface area contributed by atoms with E-state index in [1.165, 1.54) is 6.92 Å². The van der Waals surface area contributed by atoms with Crippen LogP contribution in [0.25, 0.3) is 0 Å². The second-order valence-electron chi connectivity index (χ2n) is 4.43. The number of ether oxygens (including phenoxy) is 4. The van der Waals surface area contributed by atoms with Crippen LogP contribution in [-0.4, -0.2) is 63.4 Å². The summed E-state index contributed by atoms with van der Waals surface area (Å²) in [5, 5.41) is 8.73. The molecule has 0 aromatic heterocycles. The molecular formula is C15H32O6. The number of unbranched alkanes of at least 4 members (excludes halogenated alkanes) is 1. The topological polar surface area (TPSA) is 74.2 Å². The van der Waals surface area contributed by atoms with Gasteiger partial charge in [0, 0.05) is 20.1 Å². The second-order valence-corrected chi connectivity index (χ2v) is 4.43. The van der Waals surface area contributed by atoms with Crippen molar-refractivity contribution in [1.29, 1.82) is 0 Å². The highest BCUT2D eigenvalue weighted by atomic mass is 16.6. The van der Waals surface area contributed by atoms with Crippen molar-refractivity contribution in [2.24, 2.45) is 0 Å². The lowest BCUT2D eigenvalue weighted by atomic mass is 10.4. The molecule has 0 spiro atoms. The minimum atomic E-state index is -0.318. The van der Waals surface area contributed by atoms with Crippen molar-refractivity contribution in [2.45, 2.75) is 46.6 Å². The van der Waals surface area contributed by atoms with E-state index in [1.54, 1.807) is 6.92 Å². The minimum Gasteiger partial charge on any atom is -0.463 e. The molecule has 0 saturated heterocycles. The summed E-state index contributed by atoms with van der Waals surface area (Å²) in [5.41, 5.74) is 0.